The number of ether oxygens (including phenoxy) is 1. The third-order valence-electron chi connectivity index (χ3n) is 3.23. The molecule has 6 nitrogen and oxygen atoms in total. The van der Waals surface area contributed by atoms with Gasteiger partial charge in [0, 0.05) is 18.7 Å². The first-order valence-corrected chi connectivity index (χ1v) is 6.01. The van der Waals surface area contributed by atoms with Crippen LogP contribution in [0.15, 0.2) is 6.20 Å². The monoisotopic (exact) mass is 250 g/mol. The fraction of sp³-hybridized carbons (Fsp3) is 0.583. The maximum absolute atomic E-state index is 11.4. The van der Waals surface area contributed by atoms with Crippen molar-refractivity contribution >= 4 is 11.8 Å². The minimum absolute atomic E-state index is 0.195. The van der Waals surface area contributed by atoms with Gasteiger partial charge >= 0.3 is 5.97 Å². The van der Waals surface area contributed by atoms with Crippen molar-refractivity contribution in [3.8, 4) is 0 Å². The summed E-state index contributed by atoms with van der Waals surface area (Å²) < 4.78 is 4.61. The maximum Gasteiger partial charge on any atom is 0.343 e. The summed E-state index contributed by atoms with van der Waals surface area (Å²) in [6, 6.07) is 0. The summed E-state index contributed by atoms with van der Waals surface area (Å²) in [5.41, 5.74) is 6.00. The summed E-state index contributed by atoms with van der Waals surface area (Å²) in [4.78, 5) is 22.1. The van der Waals surface area contributed by atoms with E-state index < -0.39 is 5.97 Å². The molecule has 1 aliphatic rings. The van der Waals surface area contributed by atoms with Gasteiger partial charge in [-0.05, 0) is 26.4 Å². The van der Waals surface area contributed by atoms with Gasteiger partial charge < -0.3 is 15.4 Å². The summed E-state index contributed by atoms with van der Waals surface area (Å²) in [7, 11) is 3.39. The van der Waals surface area contributed by atoms with E-state index in [1.165, 1.54) is 13.3 Å². The fourth-order valence-electron chi connectivity index (χ4n) is 2.25. The van der Waals surface area contributed by atoms with Crippen LogP contribution in [0.3, 0.4) is 0 Å². The fourth-order valence-corrected chi connectivity index (χ4v) is 2.25. The van der Waals surface area contributed by atoms with E-state index >= 15 is 0 Å². The molecule has 0 amide bonds. The van der Waals surface area contributed by atoms with Crippen LogP contribution < -0.4 is 5.73 Å². The predicted octanol–water partition coefficient (Wildman–Crippen LogP) is 0.655. The van der Waals surface area contributed by atoms with Gasteiger partial charge in [0.25, 0.3) is 0 Å². The van der Waals surface area contributed by atoms with Crippen LogP contribution in [0.4, 0.5) is 5.82 Å². The highest BCUT2D eigenvalue weighted by atomic mass is 16.5. The molecule has 2 N–H and O–H groups in total. The molecule has 1 aromatic heterocycles. The van der Waals surface area contributed by atoms with Gasteiger partial charge in [0.05, 0.1) is 7.11 Å². The van der Waals surface area contributed by atoms with Gasteiger partial charge in [-0.2, -0.15) is 0 Å². The summed E-state index contributed by atoms with van der Waals surface area (Å²) in [5.74, 6) is 0.698. The van der Waals surface area contributed by atoms with E-state index in [-0.39, 0.29) is 17.3 Å². The van der Waals surface area contributed by atoms with Crippen LogP contribution in [-0.2, 0) is 4.74 Å². The molecule has 1 saturated heterocycles. The SMILES string of the molecule is COC(=O)c1cnc(C2CCCN(C)C2)nc1N. The third-order valence-corrected chi connectivity index (χ3v) is 3.23. The second-order valence-electron chi connectivity index (χ2n) is 4.62. The molecule has 0 bridgehead atoms. The molecule has 0 spiro atoms. The lowest BCUT2D eigenvalue weighted by atomic mass is 9.97. The molecule has 0 aliphatic carbocycles. The Bertz CT molecular complexity index is 450. The Morgan fingerprint density at radius 2 is 2.39 bits per heavy atom. The van der Waals surface area contributed by atoms with E-state index in [0.29, 0.717) is 5.82 Å². The van der Waals surface area contributed by atoms with Crippen molar-refractivity contribution in [2.24, 2.45) is 0 Å². The Morgan fingerprint density at radius 3 is 3.00 bits per heavy atom. The van der Waals surface area contributed by atoms with Crippen LogP contribution in [0, 0.1) is 0 Å². The molecule has 2 heterocycles. The van der Waals surface area contributed by atoms with Crippen LogP contribution in [0.1, 0.15) is 34.9 Å². The number of carbonyl (C=O) groups is 1. The number of aromatic nitrogens is 2. The van der Waals surface area contributed by atoms with Gasteiger partial charge in [-0.15, -0.1) is 0 Å². The number of nitrogens with two attached hydrogens (primary N) is 1. The van der Waals surface area contributed by atoms with Crippen molar-refractivity contribution in [2.75, 3.05) is 33.0 Å². The van der Waals surface area contributed by atoms with E-state index in [4.69, 9.17) is 5.73 Å². The lowest BCUT2D eigenvalue weighted by Gasteiger charge is -2.28. The van der Waals surface area contributed by atoms with Crippen molar-refractivity contribution in [2.45, 2.75) is 18.8 Å². The van der Waals surface area contributed by atoms with Crippen LogP contribution in [0.25, 0.3) is 0 Å². The molecule has 1 aromatic rings. The van der Waals surface area contributed by atoms with Gasteiger partial charge in [0.2, 0.25) is 0 Å². The zero-order valence-electron chi connectivity index (χ0n) is 10.7. The number of anilines is 1. The van der Waals surface area contributed by atoms with E-state index in [9.17, 15) is 4.79 Å². The zero-order chi connectivity index (χ0) is 13.1. The number of hydrogen-bond acceptors (Lipinski definition) is 6. The van der Waals surface area contributed by atoms with E-state index in [1.807, 2.05) is 0 Å². The number of nitrogen functional groups attached to an aromatic ring is 1. The van der Waals surface area contributed by atoms with E-state index in [0.717, 1.165) is 25.9 Å². The van der Waals surface area contributed by atoms with Crippen LogP contribution >= 0.6 is 0 Å². The Labute approximate surface area is 106 Å². The first-order chi connectivity index (χ1) is 8.61. The number of carbonyl (C=O) groups excluding carboxylic acids is 1. The second-order valence-corrected chi connectivity index (χ2v) is 4.62. The van der Waals surface area contributed by atoms with Gasteiger partial charge in [-0.25, -0.2) is 14.8 Å². The highest BCUT2D eigenvalue weighted by Gasteiger charge is 2.22. The maximum atomic E-state index is 11.4. The van der Waals surface area contributed by atoms with Crippen molar-refractivity contribution in [1.82, 2.24) is 14.9 Å². The average molecular weight is 250 g/mol. The molecule has 0 radical (unpaired) electrons. The number of hydrogen-bond donors (Lipinski definition) is 1. The first-order valence-electron chi connectivity index (χ1n) is 6.01. The highest BCUT2D eigenvalue weighted by Crippen LogP contribution is 2.24. The van der Waals surface area contributed by atoms with Crippen molar-refractivity contribution in [1.29, 1.82) is 0 Å². The van der Waals surface area contributed by atoms with Crippen molar-refractivity contribution < 1.29 is 9.53 Å². The Balaban J connectivity index is 2.20. The Hall–Kier alpha value is -1.69. The molecule has 0 aromatic carbocycles. The van der Waals surface area contributed by atoms with Crippen LogP contribution in [0.2, 0.25) is 0 Å². The smallest absolute Gasteiger partial charge is 0.343 e. The van der Waals surface area contributed by atoms with Gasteiger partial charge in [0.1, 0.15) is 17.2 Å². The summed E-state index contributed by atoms with van der Waals surface area (Å²) in [6.45, 7) is 2.03. The highest BCUT2D eigenvalue weighted by molar-refractivity contribution is 5.93. The molecule has 1 atom stereocenters. The number of likely N-dealkylation sites (tertiary alicyclic amines) is 1. The molecule has 1 fully saturated rings. The topological polar surface area (TPSA) is 81.3 Å². The number of esters is 1. The zero-order valence-corrected chi connectivity index (χ0v) is 10.7. The largest absolute Gasteiger partial charge is 0.465 e. The van der Waals surface area contributed by atoms with Gasteiger partial charge in [-0.1, -0.05) is 0 Å². The minimum atomic E-state index is -0.500. The quantitative estimate of drug-likeness (QED) is 0.776. The Kier molecular flexibility index (Phi) is 3.76. The number of rotatable bonds is 2. The van der Waals surface area contributed by atoms with Crippen molar-refractivity contribution in [3.63, 3.8) is 0 Å². The standard InChI is InChI=1S/C12H18N4O2/c1-16-5-3-4-8(7-16)11-14-6-9(10(13)15-11)12(17)18-2/h6,8H,3-5,7H2,1-2H3,(H2,13,14,15). The molecule has 0 saturated carbocycles. The summed E-state index contributed by atoms with van der Waals surface area (Å²) >= 11 is 0. The van der Waals surface area contributed by atoms with Gasteiger partial charge in [0.15, 0.2) is 0 Å². The summed E-state index contributed by atoms with van der Waals surface area (Å²) in [6.07, 6.45) is 3.64. The number of methoxy groups -OCH3 is 1. The Morgan fingerprint density at radius 1 is 1.61 bits per heavy atom. The van der Waals surface area contributed by atoms with Crippen LogP contribution in [0.5, 0.6) is 0 Å². The molecular weight excluding hydrogens is 232 g/mol. The normalized spacial score (nSPS) is 20.7. The number of likely N-dealkylation sites (N-methyl/N-ethyl adjacent to an activating group) is 1. The first kappa shape index (κ1) is 12.8. The molecule has 18 heavy (non-hydrogen) atoms. The summed E-state index contributed by atoms with van der Waals surface area (Å²) in [5, 5.41) is 0. The average Bonchev–Trinajstić information content (AvgIpc) is 2.37. The number of piperidine rings is 1. The molecule has 2 rings (SSSR count). The molecular formula is C12H18N4O2. The lowest BCUT2D eigenvalue weighted by molar-refractivity contribution is 0.0601. The minimum Gasteiger partial charge on any atom is -0.465 e. The predicted molar refractivity (Wildman–Crippen MR) is 67.3 cm³/mol. The van der Waals surface area contributed by atoms with E-state index in [2.05, 4.69) is 26.7 Å². The molecule has 98 valence electrons. The molecule has 6 heteroatoms. The van der Waals surface area contributed by atoms with Crippen LogP contribution in [-0.4, -0.2) is 48.1 Å². The van der Waals surface area contributed by atoms with Gasteiger partial charge in [-0.3, -0.25) is 0 Å². The lowest BCUT2D eigenvalue weighted by Crippen LogP contribution is -2.31. The van der Waals surface area contributed by atoms with Crippen molar-refractivity contribution in [3.05, 3.63) is 17.6 Å². The molecule has 1 aliphatic heterocycles. The molecule has 1 unspecified atom stereocenters. The van der Waals surface area contributed by atoms with E-state index in [1.54, 1.807) is 0 Å². The number of nitrogens with zero attached hydrogens (tertiary/aromatic N) is 3. The second kappa shape index (κ2) is 5.30. The third kappa shape index (κ3) is 2.59.